The Morgan fingerprint density at radius 1 is 1.06 bits per heavy atom. The molecule has 4 nitrogen and oxygen atoms in total. The number of ketones is 1. The summed E-state index contributed by atoms with van der Waals surface area (Å²) in [5.74, 6) is -0.340. The average Bonchev–Trinajstić information content (AvgIpc) is 2.40. The molecule has 0 saturated heterocycles. The molecule has 90 valence electrons. The van der Waals surface area contributed by atoms with E-state index in [0.29, 0.717) is 11.1 Å². The van der Waals surface area contributed by atoms with Gasteiger partial charge in [0.1, 0.15) is 0 Å². The van der Waals surface area contributed by atoms with Crippen molar-refractivity contribution in [2.45, 2.75) is 6.92 Å². The molecule has 0 atom stereocenters. The second-order valence-corrected chi connectivity index (χ2v) is 3.79. The van der Waals surface area contributed by atoms with Gasteiger partial charge in [-0.25, -0.2) is 0 Å². The molecule has 0 amide bonds. The summed E-state index contributed by atoms with van der Waals surface area (Å²) in [6, 6.07) is 12.1. The first-order chi connectivity index (χ1) is 8.66. The van der Waals surface area contributed by atoms with Crippen LogP contribution in [-0.2, 0) is 0 Å². The van der Waals surface area contributed by atoms with Gasteiger partial charge in [0.2, 0.25) is 12.4 Å². The van der Waals surface area contributed by atoms with E-state index in [4.69, 9.17) is 0 Å². The SMILES string of the molecule is CC(=O)c1cc[n+](/N=C(\[O-])c2ccccc2)cc1. The zero-order valence-corrected chi connectivity index (χ0v) is 9.91. The molecule has 0 unspecified atom stereocenters. The Morgan fingerprint density at radius 3 is 2.22 bits per heavy atom. The molecule has 0 bridgehead atoms. The summed E-state index contributed by atoms with van der Waals surface area (Å²) in [4.78, 5) is 11.1. The number of hydrogen-bond acceptors (Lipinski definition) is 3. The third-order valence-corrected chi connectivity index (χ3v) is 2.45. The van der Waals surface area contributed by atoms with Crippen molar-refractivity contribution in [3.8, 4) is 0 Å². The van der Waals surface area contributed by atoms with Crippen molar-refractivity contribution >= 4 is 11.7 Å². The third kappa shape index (κ3) is 2.79. The van der Waals surface area contributed by atoms with Gasteiger partial charge in [-0.1, -0.05) is 35.0 Å². The predicted molar refractivity (Wildman–Crippen MR) is 65.0 cm³/mol. The summed E-state index contributed by atoms with van der Waals surface area (Å²) in [5, 5.41) is 15.7. The summed E-state index contributed by atoms with van der Waals surface area (Å²) >= 11 is 0. The van der Waals surface area contributed by atoms with Crippen molar-refractivity contribution in [2.75, 3.05) is 0 Å². The number of Topliss-reactive ketones (excluding diaryl/α,β-unsaturated/α-hetero) is 1. The minimum absolute atomic E-state index is 0.0171. The number of hydrogen-bond donors (Lipinski definition) is 0. The predicted octanol–water partition coefficient (Wildman–Crippen LogP) is 0.747. The molecule has 1 aromatic carbocycles. The van der Waals surface area contributed by atoms with Crippen LogP contribution >= 0.6 is 0 Å². The van der Waals surface area contributed by atoms with Crippen molar-refractivity contribution in [1.29, 1.82) is 0 Å². The van der Waals surface area contributed by atoms with Crippen LogP contribution < -0.4 is 9.78 Å². The number of rotatable bonds is 3. The maximum Gasteiger partial charge on any atom is 0.203 e. The topological polar surface area (TPSA) is 56.4 Å². The number of pyridine rings is 1. The van der Waals surface area contributed by atoms with Gasteiger partial charge >= 0.3 is 0 Å². The fourth-order valence-electron chi connectivity index (χ4n) is 1.46. The van der Waals surface area contributed by atoms with E-state index in [2.05, 4.69) is 5.10 Å². The van der Waals surface area contributed by atoms with Gasteiger partial charge in [0, 0.05) is 17.7 Å². The number of carbonyl (C=O) groups excluding carboxylic acids is 1. The number of aromatic nitrogens is 1. The normalized spacial score (nSPS) is 11.3. The van der Waals surface area contributed by atoms with Crippen LogP contribution in [0, 0.1) is 0 Å². The van der Waals surface area contributed by atoms with Gasteiger partial charge in [0.05, 0.1) is 5.90 Å². The molecule has 2 rings (SSSR count). The monoisotopic (exact) mass is 240 g/mol. The van der Waals surface area contributed by atoms with E-state index < -0.39 is 0 Å². The largest absolute Gasteiger partial charge is 0.854 e. The Labute approximate surface area is 105 Å². The first kappa shape index (κ1) is 12.0. The van der Waals surface area contributed by atoms with Gasteiger partial charge in [-0.05, 0) is 17.6 Å². The van der Waals surface area contributed by atoms with Gasteiger partial charge in [0.15, 0.2) is 5.78 Å². The minimum atomic E-state index is -0.323. The van der Waals surface area contributed by atoms with Crippen LogP contribution in [0.15, 0.2) is 60.0 Å². The van der Waals surface area contributed by atoms with Crippen LogP contribution in [0.3, 0.4) is 0 Å². The van der Waals surface area contributed by atoms with Crippen LogP contribution in [0.25, 0.3) is 0 Å². The first-order valence-electron chi connectivity index (χ1n) is 5.50. The summed E-state index contributed by atoms with van der Waals surface area (Å²) in [6.45, 7) is 1.49. The van der Waals surface area contributed by atoms with Crippen LogP contribution in [0.1, 0.15) is 22.8 Å². The van der Waals surface area contributed by atoms with Gasteiger partial charge in [-0.3, -0.25) is 4.79 Å². The fraction of sp³-hybridized carbons (Fsp3) is 0.0714. The lowest BCUT2D eigenvalue weighted by molar-refractivity contribution is -0.681. The molecule has 2 aromatic rings. The maximum absolute atomic E-state index is 11.8. The van der Waals surface area contributed by atoms with Crippen LogP contribution in [0.4, 0.5) is 0 Å². The summed E-state index contributed by atoms with van der Waals surface area (Å²) in [7, 11) is 0. The molecule has 0 spiro atoms. The molecule has 0 radical (unpaired) electrons. The molecule has 4 heteroatoms. The lowest BCUT2D eigenvalue weighted by Gasteiger charge is -2.05. The Hall–Kier alpha value is -2.49. The zero-order valence-electron chi connectivity index (χ0n) is 9.91. The summed E-state index contributed by atoms with van der Waals surface area (Å²) in [5.41, 5.74) is 1.12. The average molecular weight is 240 g/mol. The van der Waals surface area contributed by atoms with E-state index in [0.717, 1.165) is 0 Å². The number of nitrogens with zero attached hydrogens (tertiary/aromatic N) is 2. The van der Waals surface area contributed by atoms with Crippen molar-refractivity contribution < 1.29 is 14.6 Å². The van der Waals surface area contributed by atoms with Gasteiger partial charge < -0.3 is 5.11 Å². The lowest BCUT2D eigenvalue weighted by atomic mass is 10.2. The summed E-state index contributed by atoms with van der Waals surface area (Å²) < 4.78 is 1.39. The quantitative estimate of drug-likeness (QED) is 0.344. The Kier molecular flexibility index (Phi) is 3.48. The molecule has 0 fully saturated rings. The minimum Gasteiger partial charge on any atom is -0.854 e. The fourth-order valence-corrected chi connectivity index (χ4v) is 1.46. The highest BCUT2D eigenvalue weighted by molar-refractivity contribution is 5.93. The molecular weight excluding hydrogens is 228 g/mol. The van der Waals surface area contributed by atoms with E-state index in [1.54, 1.807) is 48.8 Å². The molecule has 0 N–H and O–H groups in total. The van der Waals surface area contributed by atoms with Crippen molar-refractivity contribution in [3.63, 3.8) is 0 Å². The summed E-state index contributed by atoms with van der Waals surface area (Å²) in [6.07, 6.45) is 3.16. The highest BCUT2D eigenvalue weighted by Crippen LogP contribution is 1.98. The molecule has 18 heavy (non-hydrogen) atoms. The van der Waals surface area contributed by atoms with Crippen LogP contribution in [-0.4, -0.2) is 11.7 Å². The highest BCUT2D eigenvalue weighted by atomic mass is 16.3. The molecule has 0 aliphatic heterocycles. The molecular formula is C14H12N2O2. The van der Waals surface area contributed by atoms with E-state index in [1.807, 2.05) is 6.07 Å². The van der Waals surface area contributed by atoms with E-state index in [9.17, 15) is 9.90 Å². The Bertz CT molecular complexity index is 575. The van der Waals surface area contributed by atoms with E-state index in [1.165, 1.54) is 11.6 Å². The van der Waals surface area contributed by atoms with E-state index in [-0.39, 0.29) is 11.7 Å². The molecule has 1 aromatic heterocycles. The van der Waals surface area contributed by atoms with Crippen LogP contribution in [0.2, 0.25) is 0 Å². The molecule has 0 aliphatic rings. The van der Waals surface area contributed by atoms with Gasteiger partial charge in [-0.15, -0.1) is 0 Å². The molecule has 0 saturated carbocycles. The smallest absolute Gasteiger partial charge is 0.203 e. The number of carbonyl (C=O) groups is 1. The second kappa shape index (κ2) is 5.23. The van der Waals surface area contributed by atoms with Crippen molar-refractivity contribution in [3.05, 3.63) is 66.0 Å². The zero-order chi connectivity index (χ0) is 13.0. The van der Waals surface area contributed by atoms with Gasteiger partial charge in [-0.2, -0.15) is 0 Å². The van der Waals surface area contributed by atoms with Crippen molar-refractivity contribution in [1.82, 2.24) is 0 Å². The number of benzene rings is 1. The maximum atomic E-state index is 11.8. The Balaban J connectivity index is 2.25. The van der Waals surface area contributed by atoms with Crippen molar-refractivity contribution in [2.24, 2.45) is 5.10 Å². The Morgan fingerprint density at radius 2 is 1.67 bits per heavy atom. The van der Waals surface area contributed by atoms with Gasteiger partial charge in [0.25, 0.3) is 0 Å². The first-order valence-corrected chi connectivity index (χ1v) is 5.50. The standard InChI is InChI=1S/C14H12N2O2/c1-11(17)12-7-9-16(10-8-12)15-14(18)13-5-3-2-4-6-13/h2-10H,1H3. The molecule has 0 aliphatic carbocycles. The van der Waals surface area contributed by atoms with Crippen LogP contribution in [0.5, 0.6) is 0 Å². The lowest BCUT2D eigenvalue weighted by Crippen LogP contribution is -2.33. The third-order valence-electron chi connectivity index (χ3n) is 2.45. The molecule has 1 heterocycles. The van der Waals surface area contributed by atoms with E-state index >= 15 is 0 Å². The second-order valence-electron chi connectivity index (χ2n) is 3.79. The highest BCUT2D eigenvalue weighted by Gasteiger charge is 2.03.